The maximum absolute atomic E-state index is 5.86. The van der Waals surface area contributed by atoms with Crippen LogP contribution < -0.4 is 11.1 Å². The van der Waals surface area contributed by atoms with Gasteiger partial charge in [-0.05, 0) is 43.7 Å². The lowest BCUT2D eigenvalue weighted by Gasteiger charge is -2.11. The molecule has 0 spiro atoms. The van der Waals surface area contributed by atoms with Crippen LogP contribution in [0.2, 0.25) is 0 Å². The smallest absolute Gasteiger partial charge is 0.188 e. The van der Waals surface area contributed by atoms with Crippen molar-refractivity contribution in [2.75, 3.05) is 5.32 Å². The van der Waals surface area contributed by atoms with E-state index in [9.17, 15) is 0 Å². The van der Waals surface area contributed by atoms with Gasteiger partial charge in [0.05, 0.1) is 11.3 Å². The van der Waals surface area contributed by atoms with Crippen LogP contribution in [0.5, 0.6) is 0 Å². The highest BCUT2D eigenvalue weighted by molar-refractivity contribution is 7.80. The zero-order chi connectivity index (χ0) is 14.4. The molecule has 4 rings (SSSR count). The standard InChI is InChI=1S/C15H16N4S2/c16-13(20)10-6-9-2-1-3-11(9)17-14(10)19-15-18-12(7-21-15)8-4-5-8/h6-8H,1-5H2,(H2,16,20)(H,17,18,19). The molecule has 1 saturated carbocycles. The van der Waals surface area contributed by atoms with Gasteiger partial charge in [-0.3, -0.25) is 0 Å². The number of hydrogen-bond donors (Lipinski definition) is 2. The van der Waals surface area contributed by atoms with Gasteiger partial charge in [-0.25, -0.2) is 9.97 Å². The second-order valence-electron chi connectivity index (χ2n) is 5.68. The Balaban J connectivity index is 1.67. The molecule has 6 heteroatoms. The summed E-state index contributed by atoms with van der Waals surface area (Å²) in [5.74, 6) is 1.42. The Morgan fingerprint density at radius 3 is 2.95 bits per heavy atom. The van der Waals surface area contributed by atoms with Crippen molar-refractivity contribution in [3.8, 4) is 0 Å². The van der Waals surface area contributed by atoms with E-state index >= 15 is 0 Å². The molecule has 0 atom stereocenters. The Labute approximate surface area is 132 Å². The molecule has 0 aliphatic heterocycles. The van der Waals surface area contributed by atoms with Crippen LogP contribution in [0.15, 0.2) is 11.4 Å². The van der Waals surface area contributed by atoms with Crippen LogP contribution in [0.1, 0.15) is 47.7 Å². The monoisotopic (exact) mass is 316 g/mol. The molecule has 1 fully saturated rings. The van der Waals surface area contributed by atoms with Crippen molar-refractivity contribution in [1.29, 1.82) is 0 Å². The summed E-state index contributed by atoms with van der Waals surface area (Å²) in [5, 5.41) is 6.32. The van der Waals surface area contributed by atoms with Gasteiger partial charge in [0.25, 0.3) is 0 Å². The van der Waals surface area contributed by atoms with E-state index in [1.807, 2.05) is 0 Å². The summed E-state index contributed by atoms with van der Waals surface area (Å²) in [6, 6.07) is 2.09. The first kappa shape index (κ1) is 13.2. The van der Waals surface area contributed by atoms with E-state index in [2.05, 4.69) is 21.7 Å². The normalized spacial score (nSPS) is 16.8. The van der Waals surface area contributed by atoms with Crippen LogP contribution in [0.4, 0.5) is 10.9 Å². The summed E-state index contributed by atoms with van der Waals surface area (Å²) >= 11 is 6.79. The molecule has 0 unspecified atom stereocenters. The molecule has 0 radical (unpaired) electrons. The van der Waals surface area contributed by atoms with Crippen LogP contribution >= 0.6 is 23.6 Å². The Bertz CT molecular complexity index is 718. The predicted octanol–water partition coefficient (Wildman–Crippen LogP) is 3.28. The minimum absolute atomic E-state index is 0.388. The number of nitrogens with zero attached hydrogens (tertiary/aromatic N) is 2. The molecular formula is C15H16N4S2. The molecule has 108 valence electrons. The molecule has 3 N–H and O–H groups in total. The number of nitrogens with two attached hydrogens (primary N) is 1. The highest BCUT2D eigenvalue weighted by Gasteiger charge is 2.26. The number of aryl methyl sites for hydroxylation is 2. The van der Waals surface area contributed by atoms with Crippen molar-refractivity contribution in [3.05, 3.63) is 34.0 Å². The van der Waals surface area contributed by atoms with Crippen molar-refractivity contribution in [3.63, 3.8) is 0 Å². The van der Waals surface area contributed by atoms with E-state index in [1.54, 1.807) is 11.3 Å². The van der Waals surface area contributed by atoms with E-state index in [4.69, 9.17) is 22.9 Å². The number of rotatable bonds is 4. The average molecular weight is 316 g/mol. The Morgan fingerprint density at radius 2 is 2.19 bits per heavy atom. The topological polar surface area (TPSA) is 63.8 Å². The Morgan fingerprint density at radius 1 is 1.33 bits per heavy atom. The molecule has 2 aliphatic rings. The van der Waals surface area contributed by atoms with Crippen molar-refractivity contribution in [2.24, 2.45) is 5.73 Å². The first-order valence-corrected chi connectivity index (χ1v) is 8.54. The maximum Gasteiger partial charge on any atom is 0.188 e. The SMILES string of the molecule is NC(=S)c1cc2c(nc1Nc1nc(C3CC3)cs1)CCC2. The maximum atomic E-state index is 5.86. The summed E-state index contributed by atoms with van der Waals surface area (Å²) in [6.07, 6.45) is 5.79. The minimum atomic E-state index is 0.388. The molecule has 0 bridgehead atoms. The third kappa shape index (κ3) is 2.53. The van der Waals surface area contributed by atoms with Crippen LogP contribution in [0.25, 0.3) is 0 Å². The van der Waals surface area contributed by atoms with E-state index in [0.717, 1.165) is 41.5 Å². The molecule has 0 aromatic carbocycles. The molecule has 0 amide bonds. The zero-order valence-electron chi connectivity index (χ0n) is 11.6. The quantitative estimate of drug-likeness (QED) is 0.848. The van der Waals surface area contributed by atoms with Gasteiger partial charge in [0.2, 0.25) is 0 Å². The number of thiazole rings is 1. The molecule has 2 aromatic rings. The van der Waals surface area contributed by atoms with Gasteiger partial charge in [-0.2, -0.15) is 0 Å². The minimum Gasteiger partial charge on any atom is -0.389 e. The van der Waals surface area contributed by atoms with E-state index in [0.29, 0.717) is 10.9 Å². The molecule has 2 heterocycles. The fraction of sp³-hybridized carbons (Fsp3) is 0.400. The van der Waals surface area contributed by atoms with Crippen molar-refractivity contribution in [2.45, 2.75) is 38.0 Å². The molecule has 4 nitrogen and oxygen atoms in total. The number of fused-ring (bicyclic) bond motifs is 1. The molecule has 0 saturated heterocycles. The van der Waals surface area contributed by atoms with Gasteiger partial charge in [-0.1, -0.05) is 12.2 Å². The largest absolute Gasteiger partial charge is 0.389 e. The fourth-order valence-corrected chi connectivity index (χ4v) is 3.71. The van der Waals surface area contributed by atoms with Crippen LogP contribution in [-0.2, 0) is 12.8 Å². The third-order valence-electron chi connectivity index (χ3n) is 4.06. The molecular weight excluding hydrogens is 300 g/mol. The van der Waals surface area contributed by atoms with Gasteiger partial charge in [0.1, 0.15) is 10.8 Å². The molecule has 2 aromatic heterocycles. The Kier molecular flexibility index (Phi) is 3.15. The summed E-state index contributed by atoms with van der Waals surface area (Å²) < 4.78 is 0. The van der Waals surface area contributed by atoms with Gasteiger partial charge in [-0.15, -0.1) is 11.3 Å². The van der Waals surface area contributed by atoms with E-state index < -0.39 is 0 Å². The lowest BCUT2D eigenvalue weighted by Crippen LogP contribution is -2.14. The summed E-state index contributed by atoms with van der Waals surface area (Å²) in [4.78, 5) is 9.76. The molecule has 2 aliphatic carbocycles. The van der Waals surface area contributed by atoms with Crippen LogP contribution in [0, 0.1) is 0 Å². The highest BCUT2D eigenvalue weighted by atomic mass is 32.1. The van der Waals surface area contributed by atoms with Gasteiger partial charge >= 0.3 is 0 Å². The first-order chi connectivity index (χ1) is 10.2. The van der Waals surface area contributed by atoms with E-state index in [-0.39, 0.29) is 0 Å². The predicted molar refractivity (Wildman–Crippen MR) is 89.5 cm³/mol. The number of pyridine rings is 1. The summed E-state index contributed by atoms with van der Waals surface area (Å²) in [7, 11) is 0. The summed E-state index contributed by atoms with van der Waals surface area (Å²) in [6.45, 7) is 0. The number of aromatic nitrogens is 2. The second-order valence-corrected chi connectivity index (χ2v) is 6.98. The third-order valence-corrected chi connectivity index (χ3v) is 5.06. The van der Waals surface area contributed by atoms with Crippen molar-refractivity contribution in [1.82, 2.24) is 9.97 Å². The van der Waals surface area contributed by atoms with E-state index in [1.165, 1.54) is 24.1 Å². The van der Waals surface area contributed by atoms with Crippen molar-refractivity contribution >= 4 is 39.5 Å². The van der Waals surface area contributed by atoms with Crippen molar-refractivity contribution < 1.29 is 0 Å². The number of hydrogen-bond acceptors (Lipinski definition) is 5. The summed E-state index contributed by atoms with van der Waals surface area (Å²) in [5.41, 5.74) is 10.3. The average Bonchev–Trinajstić information content (AvgIpc) is 3.03. The first-order valence-electron chi connectivity index (χ1n) is 7.26. The van der Waals surface area contributed by atoms with Crippen LogP contribution in [-0.4, -0.2) is 15.0 Å². The second kappa shape index (κ2) is 5.03. The number of anilines is 2. The van der Waals surface area contributed by atoms with Crippen LogP contribution in [0.3, 0.4) is 0 Å². The lowest BCUT2D eigenvalue weighted by atomic mass is 10.1. The molecule has 21 heavy (non-hydrogen) atoms. The number of thiocarbonyl (C=S) groups is 1. The van der Waals surface area contributed by atoms with Gasteiger partial charge in [0, 0.05) is 17.0 Å². The highest BCUT2D eigenvalue weighted by Crippen LogP contribution is 2.41. The Hall–Kier alpha value is -1.53. The number of nitrogens with one attached hydrogen (secondary N) is 1. The van der Waals surface area contributed by atoms with Gasteiger partial charge in [0.15, 0.2) is 5.13 Å². The lowest BCUT2D eigenvalue weighted by molar-refractivity contribution is 0.900. The van der Waals surface area contributed by atoms with Gasteiger partial charge < -0.3 is 11.1 Å². The zero-order valence-corrected chi connectivity index (χ0v) is 13.2. The fourth-order valence-electron chi connectivity index (χ4n) is 2.77.